The van der Waals surface area contributed by atoms with Crippen LogP contribution in [-0.2, 0) is 29.4 Å². The summed E-state index contributed by atoms with van der Waals surface area (Å²) in [6, 6.07) is 7.23. The van der Waals surface area contributed by atoms with Gasteiger partial charge < -0.3 is 4.98 Å². The summed E-state index contributed by atoms with van der Waals surface area (Å²) in [6.45, 7) is 2.96. The van der Waals surface area contributed by atoms with Gasteiger partial charge in [-0.3, -0.25) is 0 Å². The number of nitrogens with one attached hydrogen (secondary N) is 1. The molecule has 1 aliphatic heterocycles. The zero-order valence-electron chi connectivity index (χ0n) is 12.0. The first-order chi connectivity index (χ1) is 10.1. The standard InChI is InChI=1S/C15H19N3O2S/c1-2-3-12-4-6-13(7-5-12)21(19,20)18-9-8-14-15(10-18)17-11-16-14/h4-7,11H,2-3,8-10H2,1H3,(H,16,17). The van der Waals surface area contributed by atoms with Gasteiger partial charge in [-0.25, -0.2) is 13.4 Å². The fourth-order valence-electron chi connectivity index (χ4n) is 2.66. The molecule has 0 aliphatic carbocycles. The second kappa shape index (κ2) is 5.61. The lowest BCUT2D eigenvalue weighted by molar-refractivity contribution is 0.385. The van der Waals surface area contributed by atoms with Gasteiger partial charge in [-0.15, -0.1) is 0 Å². The summed E-state index contributed by atoms with van der Waals surface area (Å²) in [5, 5.41) is 0. The summed E-state index contributed by atoms with van der Waals surface area (Å²) in [6.07, 6.45) is 4.31. The van der Waals surface area contributed by atoms with E-state index in [4.69, 9.17) is 0 Å². The molecule has 21 heavy (non-hydrogen) atoms. The van der Waals surface area contributed by atoms with E-state index in [-0.39, 0.29) is 0 Å². The van der Waals surface area contributed by atoms with E-state index >= 15 is 0 Å². The maximum Gasteiger partial charge on any atom is 0.243 e. The zero-order chi connectivity index (χ0) is 14.9. The monoisotopic (exact) mass is 305 g/mol. The first kappa shape index (κ1) is 14.3. The molecule has 0 saturated carbocycles. The fraction of sp³-hybridized carbons (Fsp3) is 0.400. The molecule has 6 heteroatoms. The number of aromatic amines is 1. The van der Waals surface area contributed by atoms with Crippen LogP contribution in [-0.4, -0.2) is 29.2 Å². The van der Waals surface area contributed by atoms with Crippen LogP contribution >= 0.6 is 0 Å². The summed E-state index contributed by atoms with van der Waals surface area (Å²) in [4.78, 5) is 7.59. The lowest BCUT2D eigenvalue weighted by atomic mass is 10.1. The molecule has 0 fully saturated rings. The number of sulfonamides is 1. The van der Waals surface area contributed by atoms with E-state index in [2.05, 4.69) is 16.9 Å². The third kappa shape index (κ3) is 2.73. The van der Waals surface area contributed by atoms with Crippen LogP contribution in [0.3, 0.4) is 0 Å². The summed E-state index contributed by atoms with van der Waals surface area (Å²) in [5.74, 6) is 0. The van der Waals surface area contributed by atoms with E-state index in [1.807, 2.05) is 12.1 Å². The van der Waals surface area contributed by atoms with Crippen LogP contribution in [0.1, 0.15) is 30.3 Å². The lowest BCUT2D eigenvalue weighted by Gasteiger charge is -2.25. The van der Waals surface area contributed by atoms with Crippen LogP contribution in [0, 0.1) is 0 Å². The van der Waals surface area contributed by atoms with E-state index in [1.165, 1.54) is 9.87 Å². The van der Waals surface area contributed by atoms with Crippen molar-refractivity contribution in [1.82, 2.24) is 14.3 Å². The molecule has 5 nitrogen and oxygen atoms in total. The molecule has 2 aromatic rings. The van der Waals surface area contributed by atoms with Crippen molar-refractivity contribution in [3.8, 4) is 0 Å². The third-order valence-corrected chi connectivity index (χ3v) is 5.70. The highest BCUT2D eigenvalue weighted by molar-refractivity contribution is 7.89. The minimum atomic E-state index is -3.43. The number of fused-ring (bicyclic) bond motifs is 1. The number of hydrogen-bond acceptors (Lipinski definition) is 3. The second-order valence-corrected chi connectivity index (χ2v) is 7.25. The highest BCUT2D eigenvalue weighted by Gasteiger charge is 2.29. The summed E-state index contributed by atoms with van der Waals surface area (Å²) < 4.78 is 26.9. The second-order valence-electron chi connectivity index (χ2n) is 5.31. The number of aromatic nitrogens is 2. The number of rotatable bonds is 4. The Labute approximate surface area is 125 Å². The first-order valence-corrected chi connectivity index (χ1v) is 8.65. The topological polar surface area (TPSA) is 66.1 Å². The van der Waals surface area contributed by atoms with E-state index < -0.39 is 10.0 Å². The Bertz CT molecular complexity index is 720. The molecule has 0 radical (unpaired) electrons. The summed E-state index contributed by atoms with van der Waals surface area (Å²) >= 11 is 0. The largest absolute Gasteiger partial charge is 0.347 e. The average Bonchev–Trinajstić information content (AvgIpc) is 2.95. The van der Waals surface area contributed by atoms with Crippen LogP contribution in [0.15, 0.2) is 35.5 Å². The smallest absolute Gasteiger partial charge is 0.243 e. The Kier molecular flexibility index (Phi) is 3.82. The van der Waals surface area contributed by atoms with Gasteiger partial charge in [0.2, 0.25) is 10.0 Å². The van der Waals surface area contributed by atoms with E-state index in [0.717, 1.165) is 24.2 Å². The molecule has 3 rings (SSSR count). The van der Waals surface area contributed by atoms with Gasteiger partial charge in [0.15, 0.2) is 0 Å². The Morgan fingerprint density at radius 2 is 2.05 bits per heavy atom. The minimum Gasteiger partial charge on any atom is -0.347 e. The van der Waals surface area contributed by atoms with Crippen molar-refractivity contribution in [3.05, 3.63) is 47.5 Å². The maximum absolute atomic E-state index is 12.7. The van der Waals surface area contributed by atoms with E-state index in [1.54, 1.807) is 18.5 Å². The van der Waals surface area contributed by atoms with Gasteiger partial charge in [-0.2, -0.15) is 4.31 Å². The van der Waals surface area contributed by atoms with Gasteiger partial charge in [-0.1, -0.05) is 25.5 Å². The molecule has 1 aromatic carbocycles. The summed E-state index contributed by atoms with van der Waals surface area (Å²) in [5.41, 5.74) is 3.04. The number of hydrogen-bond donors (Lipinski definition) is 1. The quantitative estimate of drug-likeness (QED) is 0.941. The maximum atomic E-state index is 12.7. The molecule has 2 heterocycles. The van der Waals surface area contributed by atoms with Gasteiger partial charge >= 0.3 is 0 Å². The SMILES string of the molecule is CCCc1ccc(S(=O)(=O)N2CCc3nc[nH]c3C2)cc1. The van der Waals surface area contributed by atoms with Crippen molar-refractivity contribution in [2.45, 2.75) is 37.6 Å². The molecular weight excluding hydrogens is 286 g/mol. The van der Waals surface area contributed by atoms with Crippen molar-refractivity contribution in [3.63, 3.8) is 0 Å². The zero-order valence-corrected chi connectivity index (χ0v) is 12.9. The first-order valence-electron chi connectivity index (χ1n) is 7.21. The van der Waals surface area contributed by atoms with Crippen molar-refractivity contribution in [2.24, 2.45) is 0 Å². The molecule has 0 amide bonds. The minimum absolute atomic E-state index is 0.366. The average molecular weight is 305 g/mol. The molecule has 1 aliphatic rings. The number of benzene rings is 1. The predicted octanol–water partition coefficient (Wildman–Crippen LogP) is 2.11. The Morgan fingerprint density at radius 1 is 1.29 bits per heavy atom. The van der Waals surface area contributed by atoms with Crippen LogP contribution < -0.4 is 0 Å². The van der Waals surface area contributed by atoms with Crippen LogP contribution in [0.4, 0.5) is 0 Å². The Hall–Kier alpha value is -1.66. The lowest BCUT2D eigenvalue weighted by Crippen LogP contribution is -2.36. The van der Waals surface area contributed by atoms with Gasteiger partial charge in [0.1, 0.15) is 0 Å². The van der Waals surface area contributed by atoms with Gasteiger partial charge in [0.25, 0.3) is 0 Å². The van der Waals surface area contributed by atoms with E-state index in [0.29, 0.717) is 24.4 Å². The molecule has 0 bridgehead atoms. The number of nitrogens with zero attached hydrogens (tertiary/aromatic N) is 2. The van der Waals surface area contributed by atoms with Crippen molar-refractivity contribution >= 4 is 10.0 Å². The van der Waals surface area contributed by atoms with Gasteiger partial charge in [0.05, 0.1) is 29.2 Å². The highest BCUT2D eigenvalue weighted by Crippen LogP contribution is 2.23. The van der Waals surface area contributed by atoms with Crippen molar-refractivity contribution in [1.29, 1.82) is 0 Å². The Morgan fingerprint density at radius 3 is 2.76 bits per heavy atom. The highest BCUT2D eigenvalue weighted by atomic mass is 32.2. The van der Waals surface area contributed by atoms with Crippen molar-refractivity contribution < 1.29 is 8.42 Å². The fourth-order valence-corrected chi connectivity index (χ4v) is 4.07. The molecule has 0 unspecified atom stereocenters. The molecule has 1 aromatic heterocycles. The number of imidazole rings is 1. The van der Waals surface area contributed by atoms with Crippen molar-refractivity contribution in [2.75, 3.05) is 6.54 Å². The van der Waals surface area contributed by atoms with Gasteiger partial charge in [0, 0.05) is 13.0 Å². The third-order valence-electron chi connectivity index (χ3n) is 3.84. The molecule has 1 N–H and O–H groups in total. The molecule has 0 atom stereocenters. The van der Waals surface area contributed by atoms with E-state index in [9.17, 15) is 8.42 Å². The van der Waals surface area contributed by atoms with Crippen LogP contribution in [0.2, 0.25) is 0 Å². The van der Waals surface area contributed by atoms with Crippen LogP contribution in [0.5, 0.6) is 0 Å². The predicted molar refractivity (Wildman–Crippen MR) is 80.3 cm³/mol. The molecule has 112 valence electrons. The Balaban J connectivity index is 1.84. The van der Waals surface area contributed by atoms with Gasteiger partial charge in [-0.05, 0) is 24.1 Å². The molecular formula is C15H19N3O2S. The number of aryl methyl sites for hydroxylation is 1. The normalized spacial score (nSPS) is 15.9. The summed E-state index contributed by atoms with van der Waals surface area (Å²) in [7, 11) is -3.43. The molecule has 0 spiro atoms. The number of H-pyrrole nitrogens is 1. The van der Waals surface area contributed by atoms with Crippen LogP contribution in [0.25, 0.3) is 0 Å². The molecule has 0 saturated heterocycles.